The van der Waals surface area contributed by atoms with Gasteiger partial charge in [-0.2, -0.15) is 0 Å². The number of carbonyl (C=O) groups is 1. The van der Waals surface area contributed by atoms with Gasteiger partial charge < -0.3 is 14.9 Å². The molecule has 0 saturated carbocycles. The Kier molecular flexibility index (Phi) is 3.35. The van der Waals surface area contributed by atoms with E-state index in [1.165, 1.54) is 13.0 Å². The second-order valence-corrected chi connectivity index (χ2v) is 5.51. The minimum atomic E-state index is -0.578. The first-order chi connectivity index (χ1) is 12.1. The zero-order chi connectivity index (χ0) is 17.6. The highest BCUT2D eigenvalue weighted by molar-refractivity contribution is 6.58. The van der Waals surface area contributed by atoms with Crippen molar-refractivity contribution in [3.05, 3.63) is 59.4 Å². The van der Waals surface area contributed by atoms with Crippen molar-refractivity contribution >= 4 is 34.0 Å². The molecule has 0 amide bonds. The highest BCUT2D eigenvalue weighted by Gasteiger charge is 2.29. The fourth-order valence-electron chi connectivity index (χ4n) is 2.86. The summed E-state index contributed by atoms with van der Waals surface area (Å²) in [7, 11) is 0. The quantitative estimate of drug-likeness (QED) is 0.555. The van der Waals surface area contributed by atoms with Gasteiger partial charge in [0.15, 0.2) is 5.88 Å². The first-order valence-electron chi connectivity index (χ1n) is 7.50. The number of hydrogen-bond donors (Lipinski definition) is 2. The molecule has 1 aliphatic heterocycles. The van der Waals surface area contributed by atoms with Crippen molar-refractivity contribution in [2.45, 2.75) is 6.92 Å². The van der Waals surface area contributed by atoms with Gasteiger partial charge in [-0.05, 0) is 12.1 Å². The number of rotatable bonds is 2. The molecule has 1 aliphatic rings. The Hall–Kier alpha value is -3.48. The van der Waals surface area contributed by atoms with Crippen LogP contribution in [0.25, 0.3) is 10.9 Å². The predicted molar refractivity (Wildman–Crippen MR) is 90.9 cm³/mol. The number of aliphatic imine (C=N–C) groups is 1. The van der Waals surface area contributed by atoms with Gasteiger partial charge in [-0.15, -0.1) is 0 Å². The summed E-state index contributed by atoms with van der Waals surface area (Å²) < 4.78 is 14.0. The van der Waals surface area contributed by atoms with E-state index < -0.39 is 11.8 Å². The maximum Gasteiger partial charge on any atom is 0.332 e. The van der Waals surface area contributed by atoms with Gasteiger partial charge in [-0.3, -0.25) is 0 Å². The standard InChI is InChI=1S/C18H12FN3O3/c1-9(23)25-22-16-10-5-2-3-8-13(10)20-17(16)14-11-6-4-7-12(19)15(11)21-18(14)24/h2-8,21,24H,1H3/b22-16+. The zero-order valence-electron chi connectivity index (χ0n) is 13.1. The lowest BCUT2D eigenvalue weighted by Crippen LogP contribution is -2.14. The summed E-state index contributed by atoms with van der Waals surface area (Å²) in [5.41, 5.74) is 2.35. The summed E-state index contributed by atoms with van der Waals surface area (Å²) in [6.07, 6.45) is 0. The number of carbonyl (C=O) groups excluding carboxylic acids is 1. The molecule has 0 saturated heterocycles. The molecule has 124 valence electrons. The SMILES string of the molecule is CC(=O)O/N=C1/C(c2c(O)[nH]c3c(F)cccc23)=Nc2ccccc21. The molecule has 0 unspecified atom stereocenters. The van der Waals surface area contributed by atoms with Crippen LogP contribution in [0.3, 0.4) is 0 Å². The zero-order valence-corrected chi connectivity index (χ0v) is 13.1. The lowest BCUT2D eigenvalue weighted by atomic mass is 10.0. The molecule has 4 rings (SSSR count). The molecule has 6 nitrogen and oxygen atoms in total. The van der Waals surface area contributed by atoms with Crippen molar-refractivity contribution in [3.8, 4) is 5.88 Å². The Bertz CT molecular complexity index is 1080. The Morgan fingerprint density at radius 2 is 2.04 bits per heavy atom. The van der Waals surface area contributed by atoms with Crippen molar-refractivity contribution < 1.29 is 19.1 Å². The van der Waals surface area contributed by atoms with Gasteiger partial charge in [0, 0.05) is 17.9 Å². The van der Waals surface area contributed by atoms with E-state index in [-0.39, 0.29) is 11.4 Å². The van der Waals surface area contributed by atoms with Crippen LogP contribution in [0.2, 0.25) is 0 Å². The minimum Gasteiger partial charge on any atom is -0.494 e. The number of aromatic amines is 1. The number of aromatic nitrogens is 1. The van der Waals surface area contributed by atoms with E-state index in [1.807, 2.05) is 6.07 Å². The lowest BCUT2D eigenvalue weighted by molar-refractivity contribution is -0.140. The van der Waals surface area contributed by atoms with Crippen LogP contribution < -0.4 is 0 Å². The van der Waals surface area contributed by atoms with Crippen LogP contribution in [0.15, 0.2) is 52.6 Å². The fraction of sp³-hybridized carbons (Fsp3) is 0.0556. The van der Waals surface area contributed by atoms with E-state index in [4.69, 9.17) is 4.84 Å². The highest BCUT2D eigenvalue weighted by atomic mass is 19.1. The number of para-hydroxylation sites is 2. The molecule has 25 heavy (non-hydrogen) atoms. The predicted octanol–water partition coefficient (Wildman–Crippen LogP) is 3.41. The molecule has 2 aromatic carbocycles. The first kappa shape index (κ1) is 15.1. The summed E-state index contributed by atoms with van der Waals surface area (Å²) in [6, 6.07) is 11.7. The van der Waals surface area contributed by atoms with Crippen LogP contribution in [0.4, 0.5) is 10.1 Å². The number of halogens is 1. The number of aromatic hydroxyl groups is 1. The lowest BCUT2D eigenvalue weighted by Gasteiger charge is -2.03. The minimum absolute atomic E-state index is 0.167. The second kappa shape index (κ2) is 5.55. The third-order valence-electron chi connectivity index (χ3n) is 3.88. The van der Waals surface area contributed by atoms with Gasteiger partial charge in [0.25, 0.3) is 0 Å². The number of nitrogens with one attached hydrogen (secondary N) is 1. The Morgan fingerprint density at radius 1 is 1.24 bits per heavy atom. The Balaban J connectivity index is 1.96. The van der Waals surface area contributed by atoms with Crippen LogP contribution in [0.5, 0.6) is 5.88 Å². The summed E-state index contributed by atoms with van der Waals surface area (Å²) in [4.78, 5) is 23.1. The number of fused-ring (bicyclic) bond motifs is 2. The Morgan fingerprint density at radius 3 is 2.84 bits per heavy atom. The van der Waals surface area contributed by atoms with E-state index in [2.05, 4.69) is 15.1 Å². The van der Waals surface area contributed by atoms with Crippen molar-refractivity contribution in [3.63, 3.8) is 0 Å². The Labute approximate surface area is 141 Å². The molecule has 0 radical (unpaired) electrons. The van der Waals surface area contributed by atoms with Crippen LogP contribution in [-0.2, 0) is 9.63 Å². The molecule has 0 spiro atoms. The third-order valence-corrected chi connectivity index (χ3v) is 3.88. The molecule has 1 aromatic heterocycles. The van der Waals surface area contributed by atoms with E-state index >= 15 is 0 Å². The molecule has 0 bridgehead atoms. The summed E-state index contributed by atoms with van der Waals surface area (Å²) in [6.45, 7) is 1.24. The van der Waals surface area contributed by atoms with Crippen LogP contribution >= 0.6 is 0 Å². The van der Waals surface area contributed by atoms with Gasteiger partial charge >= 0.3 is 5.97 Å². The number of benzene rings is 2. The smallest absolute Gasteiger partial charge is 0.332 e. The van der Waals surface area contributed by atoms with E-state index in [1.54, 1.807) is 30.3 Å². The summed E-state index contributed by atoms with van der Waals surface area (Å²) in [5.74, 6) is -1.30. The number of nitrogens with zero attached hydrogens (tertiary/aromatic N) is 2. The molecule has 3 aromatic rings. The van der Waals surface area contributed by atoms with Gasteiger partial charge in [0.1, 0.15) is 17.2 Å². The van der Waals surface area contributed by atoms with Gasteiger partial charge in [0.05, 0.1) is 16.8 Å². The van der Waals surface area contributed by atoms with Crippen LogP contribution in [0.1, 0.15) is 18.1 Å². The first-order valence-corrected chi connectivity index (χ1v) is 7.50. The maximum absolute atomic E-state index is 14.0. The molecule has 0 aliphatic carbocycles. The van der Waals surface area contributed by atoms with E-state index in [0.717, 1.165) is 0 Å². The van der Waals surface area contributed by atoms with Crippen LogP contribution in [-0.4, -0.2) is 27.5 Å². The molecule has 0 fully saturated rings. The number of oxime groups is 1. The van der Waals surface area contributed by atoms with Crippen molar-refractivity contribution in [2.75, 3.05) is 0 Å². The van der Waals surface area contributed by atoms with Crippen molar-refractivity contribution in [2.24, 2.45) is 10.1 Å². The van der Waals surface area contributed by atoms with Crippen LogP contribution in [0, 0.1) is 5.82 Å². The molecule has 7 heteroatoms. The molecule has 2 N–H and O–H groups in total. The van der Waals surface area contributed by atoms with Gasteiger partial charge in [-0.1, -0.05) is 35.5 Å². The second-order valence-electron chi connectivity index (χ2n) is 5.51. The normalized spacial score (nSPS) is 14.6. The maximum atomic E-state index is 14.0. The van der Waals surface area contributed by atoms with Gasteiger partial charge in [-0.25, -0.2) is 14.2 Å². The van der Waals surface area contributed by atoms with Crippen molar-refractivity contribution in [1.82, 2.24) is 4.98 Å². The summed E-state index contributed by atoms with van der Waals surface area (Å²) in [5, 5.41) is 14.7. The molecular weight excluding hydrogens is 325 g/mol. The number of H-pyrrole nitrogens is 1. The number of hydrogen-bond acceptors (Lipinski definition) is 5. The van der Waals surface area contributed by atoms with Crippen molar-refractivity contribution in [1.29, 1.82) is 0 Å². The summed E-state index contributed by atoms with van der Waals surface area (Å²) >= 11 is 0. The average Bonchev–Trinajstić information content (AvgIpc) is 3.10. The van der Waals surface area contributed by atoms with E-state index in [9.17, 15) is 14.3 Å². The monoisotopic (exact) mass is 337 g/mol. The van der Waals surface area contributed by atoms with Gasteiger partial charge in [0.2, 0.25) is 0 Å². The molecular formula is C18H12FN3O3. The third kappa shape index (κ3) is 2.37. The highest BCUT2D eigenvalue weighted by Crippen LogP contribution is 2.36. The van der Waals surface area contributed by atoms with E-state index in [0.29, 0.717) is 33.6 Å². The molecule has 0 atom stereocenters. The topological polar surface area (TPSA) is 87.0 Å². The largest absolute Gasteiger partial charge is 0.494 e. The fourth-order valence-corrected chi connectivity index (χ4v) is 2.86. The average molecular weight is 337 g/mol. The molecule has 2 heterocycles.